The van der Waals surface area contributed by atoms with E-state index in [-0.39, 0.29) is 5.97 Å². The molecule has 2 heterocycles. The molecule has 0 amide bonds. The summed E-state index contributed by atoms with van der Waals surface area (Å²) in [6.07, 6.45) is 6.19. The minimum Gasteiger partial charge on any atom is -0.439 e. The van der Waals surface area contributed by atoms with Crippen LogP contribution < -0.4 is 0 Å². The topological polar surface area (TPSA) is 29.5 Å². The van der Waals surface area contributed by atoms with Crippen LogP contribution in [-0.2, 0) is 9.53 Å². The van der Waals surface area contributed by atoms with Crippen LogP contribution in [0, 0.1) is 0 Å². The standard InChI is InChI=1S/C10H15NO2/c1-2-10-6-4-3-5-7-11(10)8-9(12)13-10/h2H,1,3-8H2. The molecule has 13 heavy (non-hydrogen) atoms. The maximum absolute atomic E-state index is 11.2. The Morgan fingerprint density at radius 2 is 2.31 bits per heavy atom. The van der Waals surface area contributed by atoms with Crippen LogP contribution >= 0.6 is 0 Å². The molecule has 0 N–H and O–H groups in total. The van der Waals surface area contributed by atoms with Gasteiger partial charge in [-0.15, -0.1) is 0 Å². The van der Waals surface area contributed by atoms with Crippen LogP contribution in [-0.4, -0.2) is 29.7 Å². The van der Waals surface area contributed by atoms with Crippen LogP contribution in [0.3, 0.4) is 0 Å². The molecule has 2 saturated heterocycles. The molecule has 0 aromatic rings. The Hall–Kier alpha value is -0.830. The van der Waals surface area contributed by atoms with Gasteiger partial charge in [-0.05, 0) is 18.9 Å². The average Bonchev–Trinajstić information content (AvgIpc) is 2.30. The number of carbonyl (C=O) groups excluding carboxylic acids is 1. The molecule has 3 nitrogen and oxygen atoms in total. The van der Waals surface area contributed by atoms with Crippen molar-refractivity contribution in [2.24, 2.45) is 0 Å². The van der Waals surface area contributed by atoms with E-state index in [1.807, 2.05) is 0 Å². The summed E-state index contributed by atoms with van der Waals surface area (Å²) >= 11 is 0. The van der Waals surface area contributed by atoms with Crippen LogP contribution in [0.5, 0.6) is 0 Å². The van der Waals surface area contributed by atoms with E-state index in [1.165, 1.54) is 6.42 Å². The Bertz CT molecular complexity index is 239. The number of hydrogen-bond acceptors (Lipinski definition) is 3. The zero-order valence-corrected chi connectivity index (χ0v) is 7.79. The third-order valence-electron chi connectivity index (χ3n) is 2.93. The molecule has 0 aromatic carbocycles. The van der Waals surface area contributed by atoms with Gasteiger partial charge < -0.3 is 4.74 Å². The Labute approximate surface area is 78.4 Å². The first-order valence-corrected chi connectivity index (χ1v) is 4.87. The van der Waals surface area contributed by atoms with Crippen molar-refractivity contribution in [1.29, 1.82) is 0 Å². The number of ether oxygens (including phenoxy) is 1. The Kier molecular flexibility index (Phi) is 2.12. The second-order valence-corrected chi connectivity index (χ2v) is 3.76. The fourth-order valence-corrected chi connectivity index (χ4v) is 2.19. The normalized spacial score (nSPS) is 34.9. The lowest BCUT2D eigenvalue weighted by Crippen LogP contribution is -2.42. The molecule has 2 aliphatic heterocycles. The lowest BCUT2D eigenvalue weighted by atomic mass is 10.1. The third kappa shape index (κ3) is 1.37. The largest absolute Gasteiger partial charge is 0.439 e. The van der Waals surface area contributed by atoms with E-state index in [1.54, 1.807) is 6.08 Å². The van der Waals surface area contributed by atoms with E-state index in [4.69, 9.17) is 4.74 Å². The Balaban J connectivity index is 2.23. The van der Waals surface area contributed by atoms with E-state index in [2.05, 4.69) is 11.5 Å². The number of esters is 1. The molecule has 0 saturated carbocycles. The first-order valence-electron chi connectivity index (χ1n) is 4.87. The summed E-state index contributed by atoms with van der Waals surface area (Å²) in [4.78, 5) is 13.3. The zero-order valence-electron chi connectivity index (χ0n) is 7.79. The van der Waals surface area contributed by atoms with Crippen molar-refractivity contribution in [2.45, 2.75) is 31.4 Å². The highest BCUT2D eigenvalue weighted by Crippen LogP contribution is 2.33. The zero-order chi connectivity index (χ0) is 9.31. The van der Waals surface area contributed by atoms with Gasteiger partial charge in [-0.1, -0.05) is 13.0 Å². The summed E-state index contributed by atoms with van der Waals surface area (Å²) in [5, 5.41) is 0. The van der Waals surface area contributed by atoms with Gasteiger partial charge in [-0.3, -0.25) is 9.69 Å². The maximum Gasteiger partial charge on any atom is 0.322 e. The van der Waals surface area contributed by atoms with Crippen LogP contribution in [0.15, 0.2) is 12.7 Å². The highest BCUT2D eigenvalue weighted by Gasteiger charge is 2.44. The number of carbonyl (C=O) groups is 1. The van der Waals surface area contributed by atoms with Crippen LogP contribution in [0.25, 0.3) is 0 Å². The van der Waals surface area contributed by atoms with E-state index < -0.39 is 5.72 Å². The predicted molar refractivity (Wildman–Crippen MR) is 49.1 cm³/mol. The van der Waals surface area contributed by atoms with E-state index in [9.17, 15) is 4.79 Å². The van der Waals surface area contributed by atoms with Crippen molar-refractivity contribution in [3.8, 4) is 0 Å². The smallest absolute Gasteiger partial charge is 0.322 e. The van der Waals surface area contributed by atoms with E-state index in [0.29, 0.717) is 6.54 Å². The highest BCUT2D eigenvalue weighted by atomic mass is 16.6. The molecule has 2 fully saturated rings. The number of rotatable bonds is 1. The maximum atomic E-state index is 11.2. The molecule has 0 bridgehead atoms. The van der Waals surface area contributed by atoms with Crippen molar-refractivity contribution in [3.63, 3.8) is 0 Å². The Morgan fingerprint density at radius 3 is 3.08 bits per heavy atom. The van der Waals surface area contributed by atoms with Gasteiger partial charge in [-0.2, -0.15) is 0 Å². The fourth-order valence-electron chi connectivity index (χ4n) is 2.19. The van der Waals surface area contributed by atoms with Crippen molar-refractivity contribution >= 4 is 5.97 Å². The van der Waals surface area contributed by atoms with Gasteiger partial charge in [0.1, 0.15) is 6.54 Å². The summed E-state index contributed by atoms with van der Waals surface area (Å²) in [6.45, 7) is 5.17. The molecule has 0 spiro atoms. The molecule has 72 valence electrons. The molecule has 0 aromatic heterocycles. The summed E-state index contributed by atoms with van der Waals surface area (Å²) in [5.74, 6) is -0.109. The lowest BCUT2D eigenvalue weighted by Gasteiger charge is -2.30. The summed E-state index contributed by atoms with van der Waals surface area (Å²) in [7, 11) is 0. The molecular formula is C10H15NO2. The second-order valence-electron chi connectivity index (χ2n) is 3.76. The average molecular weight is 181 g/mol. The van der Waals surface area contributed by atoms with Gasteiger partial charge in [0.15, 0.2) is 5.72 Å². The molecule has 1 atom stereocenters. The SMILES string of the molecule is C=CC12CCCCCN1CC(=O)O2. The molecule has 2 rings (SSSR count). The lowest BCUT2D eigenvalue weighted by molar-refractivity contribution is -0.147. The second kappa shape index (κ2) is 3.14. The Morgan fingerprint density at radius 1 is 1.46 bits per heavy atom. The van der Waals surface area contributed by atoms with Crippen LogP contribution in [0.2, 0.25) is 0 Å². The monoisotopic (exact) mass is 181 g/mol. The van der Waals surface area contributed by atoms with E-state index in [0.717, 1.165) is 25.8 Å². The van der Waals surface area contributed by atoms with Gasteiger partial charge in [0.25, 0.3) is 0 Å². The van der Waals surface area contributed by atoms with Crippen molar-refractivity contribution in [2.75, 3.05) is 13.1 Å². The van der Waals surface area contributed by atoms with E-state index >= 15 is 0 Å². The minimum atomic E-state index is -0.465. The van der Waals surface area contributed by atoms with Crippen molar-refractivity contribution < 1.29 is 9.53 Å². The molecule has 0 aliphatic carbocycles. The highest BCUT2D eigenvalue weighted by molar-refractivity contribution is 5.74. The molecule has 1 unspecified atom stereocenters. The summed E-state index contributed by atoms with van der Waals surface area (Å²) < 4.78 is 5.35. The first kappa shape index (κ1) is 8.75. The van der Waals surface area contributed by atoms with Crippen LogP contribution in [0.1, 0.15) is 25.7 Å². The van der Waals surface area contributed by atoms with Crippen LogP contribution in [0.4, 0.5) is 0 Å². The predicted octanol–water partition coefficient (Wildman–Crippen LogP) is 1.30. The summed E-state index contributed by atoms with van der Waals surface area (Å²) in [6, 6.07) is 0. The molecule has 2 aliphatic rings. The summed E-state index contributed by atoms with van der Waals surface area (Å²) in [5.41, 5.74) is -0.465. The van der Waals surface area contributed by atoms with Gasteiger partial charge in [-0.25, -0.2) is 0 Å². The van der Waals surface area contributed by atoms with Gasteiger partial charge in [0.05, 0.1) is 0 Å². The third-order valence-corrected chi connectivity index (χ3v) is 2.93. The number of fused-ring (bicyclic) bond motifs is 1. The molecule has 0 radical (unpaired) electrons. The van der Waals surface area contributed by atoms with Gasteiger partial charge in [0, 0.05) is 13.0 Å². The molecular weight excluding hydrogens is 166 g/mol. The number of nitrogens with zero attached hydrogens (tertiary/aromatic N) is 1. The first-order chi connectivity index (χ1) is 6.27. The fraction of sp³-hybridized carbons (Fsp3) is 0.700. The number of hydrogen-bond donors (Lipinski definition) is 0. The van der Waals surface area contributed by atoms with Crippen molar-refractivity contribution in [3.05, 3.63) is 12.7 Å². The quantitative estimate of drug-likeness (QED) is 0.451. The molecule has 3 heteroatoms. The van der Waals surface area contributed by atoms with Gasteiger partial charge >= 0.3 is 5.97 Å². The van der Waals surface area contributed by atoms with Gasteiger partial charge in [0.2, 0.25) is 0 Å². The minimum absolute atomic E-state index is 0.109. The van der Waals surface area contributed by atoms with Crippen molar-refractivity contribution in [1.82, 2.24) is 4.90 Å².